The number of halogens is 6. The predicted molar refractivity (Wildman–Crippen MR) is 88.1 cm³/mol. The number of nitrogens with one attached hydrogen (secondary N) is 2. The number of hydrogen-bond donors (Lipinski definition) is 2. The minimum absolute atomic E-state index is 0.0970. The molecule has 0 unspecified atom stereocenters. The Morgan fingerprint density at radius 2 is 1.43 bits per heavy atom. The van der Waals surface area contributed by atoms with Gasteiger partial charge in [0, 0.05) is 11.4 Å². The lowest BCUT2D eigenvalue weighted by atomic mass is 10.1. The molecule has 0 aliphatic rings. The number of anilines is 2. The van der Waals surface area contributed by atoms with Crippen LogP contribution < -0.4 is 10.0 Å². The van der Waals surface area contributed by atoms with Gasteiger partial charge in [-0.2, -0.15) is 26.3 Å². The fraction of sp³-hybridized carbons (Fsp3) is 0.188. The number of sulfonamides is 1. The van der Waals surface area contributed by atoms with Crippen molar-refractivity contribution in [2.75, 3.05) is 10.0 Å². The summed E-state index contributed by atoms with van der Waals surface area (Å²) in [5.74, 6) is -2.24. The first-order valence-corrected chi connectivity index (χ1v) is 8.87. The SMILES string of the molecule is Cc1ccc(NS(=O)(=O)c2ccc(NC(=O)C(F)(F)F)cc2)cc1C(F)(F)F. The van der Waals surface area contributed by atoms with E-state index in [0.29, 0.717) is 6.07 Å². The normalized spacial score (nSPS) is 12.5. The van der Waals surface area contributed by atoms with Crippen molar-refractivity contribution in [1.82, 2.24) is 0 Å². The lowest BCUT2D eigenvalue weighted by Crippen LogP contribution is -2.29. The molecule has 0 aliphatic carbocycles. The number of amides is 1. The average Bonchev–Trinajstić information content (AvgIpc) is 2.55. The highest BCUT2D eigenvalue weighted by Crippen LogP contribution is 2.34. The van der Waals surface area contributed by atoms with Crippen LogP contribution in [0.1, 0.15) is 11.1 Å². The van der Waals surface area contributed by atoms with Crippen molar-refractivity contribution in [3.63, 3.8) is 0 Å². The van der Waals surface area contributed by atoms with Crippen molar-refractivity contribution in [3.8, 4) is 0 Å². The van der Waals surface area contributed by atoms with Crippen LogP contribution in [0.15, 0.2) is 47.4 Å². The maximum Gasteiger partial charge on any atom is 0.471 e. The highest BCUT2D eigenvalue weighted by atomic mass is 32.2. The van der Waals surface area contributed by atoms with Gasteiger partial charge in [0.2, 0.25) is 0 Å². The molecule has 0 fully saturated rings. The van der Waals surface area contributed by atoms with Crippen LogP contribution in [0.4, 0.5) is 37.7 Å². The van der Waals surface area contributed by atoms with E-state index >= 15 is 0 Å². The quantitative estimate of drug-likeness (QED) is 0.716. The molecule has 0 bridgehead atoms. The van der Waals surface area contributed by atoms with Crippen molar-refractivity contribution in [1.29, 1.82) is 0 Å². The van der Waals surface area contributed by atoms with Gasteiger partial charge >= 0.3 is 18.3 Å². The fourth-order valence-corrected chi connectivity index (χ4v) is 3.17. The van der Waals surface area contributed by atoms with E-state index in [4.69, 9.17) is 0 Å². The molecule has 152 valence electrons. The molecule has 2 aromatic rings. The maximum absolute atomic E-state index is 12.9. The third-order valence-electron chi connectivity index (χ3n) is 3.48. The zero-order valence-electron chi connectivity index (χ0n) is 13.9. The van der Waals surface area contributed by atoms with Gasteiger partial charge < -0.3 is 5.32 Å². The number of aryl methyl sites for hydroxylation is 1. The van der Waals surface area contributed by atoms with E-state index in [1.807, 2.05) is 4.72 Å². The zero-order valence-corrected chi connectivity index (χ0v) is 14.8. The van der Waals surface area contributed by atoms with E-state index in [9.17, 15) is 39.6 Å². The van der Waals surface area contributed by atoms with Gasteiger partial charge in [-0.05, 0) is 48.9 Å². The number of alkyl halides is 6. The molecule has 0 atom stereocenters. The predicted octanol–water partition coefficient (Wildman–Crippen LogP) is 4.32. The molecule has 0 aromatic heterocycles. The Bertz CT molecular complexity index is 983. The van der Waals surface area contributed by atoms with Crippen LogP contribution in [0.3, 0.4) is 0 Å². The lowest BCUT2D eigenvalue weighted by Gasteiger charge is -2.14. The van der Waals surface area contributed by atoms with E-state index < -0.39 is 38.7 Å². The Balaban J connectivity index is 2.23. The van der Waals surface area contributed by atoms with Crippen LogP contribution in [0.25, 0.3) is 0 Å². The third-order valence-corrected chi connectivity index (χ3v) is 4.87. The average molecular weight is 426 g/mol. The van der Waals surface area contributed by atoms with Crippen LogP contribution in [0, 0.1) is 6.92 Å². The summed E-state index contributed by atoms with van der Waals surface area (Å²) in [7, 11) is -4.31. The van der Waals surface area contributed by atoms with E-state index in [1.54, 1.807) is 0 Å². The summed E-state index contributed by atoms with van der Waals surface area (Å²) in [6.07, 6.45) is -9.79. The molecule has 12 heteroatoms. The summed E-state index contributed by atoms with van der Waals surface area (Å²) in [6.45, 7) is 1.22. The molecule has 0 saturated carbocycles. The Morgan fingerprint density at radius 3 is 1.93 bits per heavy atom. The summed E-state index contributed by atoms with van der Waals surface area (Å²) >= 11 is 0. The van der Waals surface area contributed by atoms with Gasteiger partial charge in [-0.3, -0.25) is 9.52 Å². The lowest BCUT2D eigenvalue weighted by molar-refractivity contribution is -0.167. The second-order valence-corrected chi connectivity index (χ2v) is 7.29. The van der Waals surface area contributed by atoms with E-state index in [0.717, 1.165) is 36.4 Å². The first-order chi connectivity index (χ1) is 12.7. The highest BCUT2D eigenvalue weighted by Gasteiger charge is 2.38. The monoisotopic (exact) mass is 426 g/mol. The van der Waals surface area contributed by atoms with E-state index in [1.165, 1.54) is 12.2 Å². The largest absolute Gasteiger partial charge is 0.471 e. The minimum Gasteiger partial charge on any atom is -0.318 e. The van der Waals surface area contributed by atoms with Crippen LogP contribution in [-0.4, -0.2) is 20.5 Å². The first kappa shape index (κ1) is 21.5. The van der Waals surface area contributed by atoms with Gasteiger partial charge in [-0.25, -0.2) is 8.42 Å². The molecule has 0 aliphatic heterocycles. The standard InChI is InChI=1S/C16H12F6N2O3S/c1-9-2-3-11(8-13(9)15(17,18)19)24-28(26,27)12-6-4-10(5-7-12)23-14(25)16(20,21)22/h2-8,24H,1H3,(H,23,25). The van der Waals surface area contributed by atoms with Gasteiger partial charge in [-0.1, -0.05) is 6.07 Å². The summed E-state index contributed by atoms with van der Waals surface area (Å²) in [5.41, 5.74) is -1.76. The van der Waals surface area contributed by atoms with Crippen LogP contribution in [-0.2, 0) is 21.0 Å². The molecular formula is C16H12F6N2O3S. The van der Waals surface area contributed by atoms with E-state index in [-0.39, 0.29) is 16.9 Å². The van der Waals surface area contributed by atoms with Crippen molar-refractivity contribution >= 4 is 27.3 Å². The summed E-state index contributed by atoms with van der Waals surface area (Å²) in [6, 6.07) is 6.48. The summed E-state index contributed by atoms with van der Waals surface area (Å²) < 4.78 is 102. The Morgan fingerprint density at radius 1 is 0.893 bits per heavy atom. The molecular weight excluding hydrogens is 414 g/mol. The van der Waals surface area contributed by atoms with Crippen molar-refractivity contribution in [2.45, 2.75) is 24.2 Å². The molecule has 2 rings (SSSR count). The van der Waals surface area contributed by atoms with Gasteiger partial charge in [0.15, 0.2) is 0 Å². The minimum atomic E-state index is -5.12. The summed E-state index contributed by atoms with van der Waals surface area (Å²) in [4.78, 5) is 10.4. The van der Waals surface area contributed by atoms with Gasteiger partial charge in [-0.15, -0.1) is 0 Å². The topological polar surface area (TPSA) is 75.3 Å². The number of carbonyl (C=O) groups excluding carboxylic acids is 1. The number of benzene rings is 2. The van der Waals surface area contributed by atoms with Gasteiger partial charge in [0.1, 0.15) is 0 Å². The highest BCUT2D eigenvalue weighted by molar-refractivity contribution is 7.92. The Hall–Kier alpha value is -2.76. The Labute approximate surface area is 155 Å². The summed E-state index contributed by atoms with van der Waals surface area (Å²) in [5, 5.41) is 1.54. The fourth-order valence-electron chi connectivity index (χ4n) is 2.12. The molecule has 28 heavy (non-hydrogen) atoms. The molecule has 1 amide bonds. The first-order valence-electron chi connectivity index (χ1n) is 7.39. The van der Waals surface area contributed by atoms with Crippen LogP contribution in [0.2, 0.25) is 0 Å². The molecule has 0 radical (unpaired) electrons. The van der Waals surface area contributed by atoms with Gasteiger partial charge in [0.05, 0.1) is 10.5 Å². The molecule has 0 heterocycles. The number of rotatable bonds is 4. The number of hydrogen-bond acceptors (Lipinski definition) is 3. The third kappa shape index (κ3) is 5.15. The van der Waals surface area contributed by atoms with Crippen LogP contribution in [0.5, 0.6) is 0 Å². The molecule has 2 aromatic carbocycles. The van der Waals surface area contributed by atoms with E-state index in [2.05, 4.69) is 0 Å². The zero-order chi connectivity index (χ0) is 21.3. The van der Waals surface area contributed by atoms with Crippen molar-refractivity contribution in [2.24, 2.45) is 0 Å². The van der Waals surface area contributed by atoms with Crippen molar-refractivity contribution < 1.29 is 39.6 Å². The smallest absolute Gasteiger partial charge is 0.318 e. The second-order valence-electron chi connectivity index (χ2n) is 5.61. The second kappa shape index (κ2) is 7.34. The van der Waals surface area contributed by atoms with Gasteiger partial charge in [0.25, 0.3) is 10.0 Å². The molecule has 2 N–H and O–H groups in total. The molecule has 0 spiro atoms. The van der Waals surface area contributed by atoms with Crippen LogP contribution >= 0.6 is 0 Å². The Kier molecular flexibility index (Phi) is 5.64. The molecule has 0 saturated heterocycles. The maximum atomic E-state index is 12.9. The number of carbonyl (C=O) groups is 1. The molecule has 5 nitrogen and oxygen atoms in total. The van der Waals surface area contributed by atoms with Crippen molar-refractivity contribution in [3.05, 3.63) is 53.6 Å².